The van der Waals surface area contributed by atoms with E-state index in [-0.39, 0.29) is 11.7 Å². The minimum Gasteiger partial charge on any atom is -0.370 e. The van der Waals surface area contributed by atoms with Crippen LogP contribution in [0.25, 0.3) is 0 Å². The first-order valence-corrected chi connectivity index (χ1v) is 6.74. The van der Waals surface area contributed by atoms with Crippen molar-refractivity contribution in [2.45, 2.75) is 26.3 Å². The Morgan fingerprint density at radius 1 is 1.45 bits per heavy atom. The Hall–Kier alpha value is -1.89. The lowest BCUT2D eigenvalue weighted by Gasteiger charge is -2.17. The maximum absolute atomic E-state index is 11.0. The number of hydrogen-bond acceptors (Lipinski definition) is 6. The van der Waals surface area contributed by atoms with E-state index >= 15 is 0 Å². The highest BCUT2D eigenvalue weighted by atomic mass is 16.6. The number of rotatable bonds is 8. The molecule has 1 atom stereocenters. The van der Waals surface area contributed by atoms with Gasteiger partial charge in [-0.3, -0.25) is 10.1 Å². The van der Waals surface area contributed by atoms with Gasteiger partial charge in [-0.15, -0.1) is 0 Å². The molecular weight excluding hydrogens is 258 g/mol. The highest BCUT2D eigenvalue weighted by Crippen LogP contribution is 2.24. The van der Waals surface area contributed by atoms with E-state index in [1.807, 2.05) is 27.9 Å². The molecule has 1 unspecified atom stereocenters. The topological polar surface area (TPSA) is 83.3 Å². The first-order chi connectivity index (χ1) is 9.43. The predicted octanol–water partition coefficient (Wildman–Crippen LogP) is 2.17. The van der Waals surface area contributed by atoms with Crippen LogP contribution < -0.4 is 10.6 Å². The van der Waals surface area contributed by atoms with Gasteiger partial charge in [0.2, 0.25) is 5.82 Å². The largest absolute Gasteiger partial charge is 0.370 e. The Labute approximate surface area is 119 Å². The van der Waals surface area contributed by atoms with Crippen molar-refractivity contribution >= 4 is 17.3 Å². The van der Waals surface area contributed by atoms with Crippen molar-refractivity contribution in [1.29, 1.82) is 0 Å². The van der Waals surface area contributed by atoms with Crippen LogP contribution in [0.2, 0.25) is 0 Å². The standard InChI is InChI=1S/C13H23N5O2/c1-5-14-12-7-6-11(18(19)20)13(16-12)15-10(2)8-9-17(3)4/h6-7,10H,5,8-9H2,1-4H3,(H2,14,15,16). The van der Waals surface area contributed by atoms with Crippen LogP contribution in [-0.2, 0) is 0 Å². The van der Waals surface area contributed by atoms with Gasteiger partial charge in [0, 0.05) is 18.7 Å². The molecule has 0 saturated carbocycles. The summed E-state index contributed by atoms with van der Waals surface area (Å²) in [7, 11) is 4.00. The molecule has 7 heteroatoms. The molecule has 112 valence electrons. The molecule has 1 aromatic rings. The van der Waals surface area contributed by atoms with Gasteiger partial charge < -0.3 is 15.5 Å². The van der Waals surface area contributed by atoms with Gasteiger partial charge >= 0.3 is 5.69 Å². The van der Waals surface area contributed by atoms with Crippen molar-refractivity contribution in [3.05, 3.63) is 22.2 Å². The van der Waals surface area contributed by atoms with Crippen LogP contribution in [0.15, 0.2) is 12.1 Å². The highest BCUT2D eigenvalue weighted by Gasteiger charge is 2.17. The number of pyridine rings is 1. The fraction of sp³-hybridized carbons (Fsp3) is 0.615. The second kappa shape index (κ2) is 7.64. The maximum atomic E-state index is 11.0. The number of nitrogens with one attached hydrogen (secondary N) is 2. The van der Waals surface area contributed by atoms with Crippen LogP contribution in [-0.4, -0.2) is 48.0 Å². The third-order valence-corrected chi connectivity index (χ3v) is 2.82. The second-order valence-electron chi connectivity index (χ2n) is 4.99. The Balaban J connectivity index is 2.83. The van der Waals surface area contributed by atoms with Crippen molar-refractivity contribution < 1.29 is 4.92 Å². The normalized spacial score (nSPS) is 12.2. The summed E-state index contributed by atoms with van der Waals surface area (Å²) < 4.78 is 0. The Bertz CT molecular complexity index is 450. The van der Waals surface area contributed by atoms with Gasteiger partial charge in [0.15, 0.2) is 0 Å². The third kappa shape index (κ3) is 5.00. The molecule has 0 spiro atoms. The smallest absolute Gasteiger partial charge is 0.311 e. The quantitative estimate of drug-likeness (QED) is 0.561. The van der Waals surface area contributed by atoms with Gasteiger partial charge in [-0.1, -0.05) is 0 Å². The number of nitrogens with zero attached hydrogens (tertiary/aromatic N) is 3. The van der Waals surface area contributed by atoms with Crippen LogP contribution in [0.4, 0.5) is 17.3 Å². The lowest BCUT2D eigenvalue weighted by atomic mass is 10.2. The molecule has 1 rings (SSSR count). The van der Waals surface area contributed by atoms with Crippen LogP contribution in [0.1, 0.15) is 20.3 Å². The Morgan fingerprint density at radius 3 is 2.70 bits per heavy atom. The van der Waals surface area contributed by atoms with Gasteiger partial charge in [-0.25, -0.2) is 4.98 Å². The zero-order chi connectivity index (χ0) is 15.1. The molecule has 0 aliphatic carbocycles. The minimum atomic E-state index is -0.413. The minimum absolute atomic E-state index is 0.00311. The van der Waals surface area contributed by atoms with Gasteiger partial charge in [0.25, 0.3) is 0 Å². The van der Waals surface area contributed by atoms with Crippen LogP contribution in [0.3, 0.4) is 0 Å². The summed E-state index contributed by atoms with van der Waals surface area (Å²) in [4.78, 5) is 17.0. The molecule has 0 saturated heterocycles. The van der Waals surface area contributed by atoms with Gasteiger partial charge in [-0.2, -0.15) is 0 Å². The summed E-state index contributed by atoms with van der Waals surface area (Å²) in [6.45, 7) is 5.58. The molecule has 1 heterocycles. The Kier molecular flexibility index (Phi) is 6.17. The first-order valence-electron chi connectivity index (χ1n) is 6.74. The van der Waals surface area contributed by atoms with Crippen LogP contribution in [0, 0.1) is 10.1 Å². The SMILES string of the molecule is CCNc1ccc([N+](=O)[O-])c(NC(C)CCN(C)C)n1. The molecule has 0 aliphatic heterocycles. The van der Waals surface area contributed by atoms with E-state index in [0.717, 1.165) is 19.5 Å². The summed E-state index contributed by atoms with van der Waals surface area (Å²) in [6, 6.07) is 3.21. The van der Waals surface area contributed by atoms with E-state index in [0.29, 0.717) is 11.6 Å². The average molecular weight is 281 g/mol. The number of hydrogen-bond donors (Lipinski definition) is 2. The van der Waals surface area contributed by atoms with E-state index in [1.54, 1.807) is 6.07 Å². The number of anilines is 2. The van der Waals surface area contributed by atoms with Crippen molar-refractivity contribution in [2.24, 2.45) is 0 Å². The summed E-state index contributed by atoms with van der Waals surface area (Å²) >= 11 is 0. The monoisotopic (exact) mass is 281 g/mol. The summed E-state index contributed by atoms with van der Waals surface area (Å²) in [5, 5.41) is 17.2. The third-order valence-electron chi connectivity index (χ3n) is 2.82. The molecule has 0 amide bonds. The van der Waals surface area contributed by atoms with E-state index < -0.39 is 4.92 Å². The molecule has 0 fully saturated rings. The first kappa shape index (κ1) is 16.2. The molecule has 20 heavy (non-hydrogen) atoms. The van der Waals surface area contributed by atoms with E-state index in [2.05, 4.69) is 20.5 Å². The van der Waals surface area contributed by atoms with E-state index in [9.17, 15) is 10.1 Å². The van der Waals surface area contributed by atoms with Gasteiger partial charge in [0.1, 0.15) is 5.82 Å². The molecule has 0 aromatic carbocycles. The lowest BCUT2D eigenvalue weighted by Crippen LogP contribution is -2.24. The summed E-state index contributed by atoms with van der Waals surface area (Å²) in [6.07, 6.45) is 0.886. The predicted molar refractivity (Wildman–Crippen MR) is 81.3 cm³/mol. The van der Waals surface area contributed by atoms with Gasteiger partial charge in [0.05, 0.1) is 4.92 Å². The zero-order valence-electron chi connectivity index (χ0n) is 12.5. The molecule has 0 radical (unpaired) electrons. The molecule has 7 nitrogen and oxygen atoms in total. The molecule has 1 aromatic heterocycles. The fourth-order valence-electron chi connectivity index (χ4n) is 1.74. The Morgan fingerprint density at radius 2 is 2.15 bits per heavy atom. The van der Waals surface area contributed by atoms with E-state index in [4.69, 9.17) is 0 Å². The molecule has 0 bridgehead atoms. The molecule has 2 N–H and O–H groups in total. The highest BCUT2D eigenvalue weighted by molar-refractivity contribution is 5.60. The summed E-state index contributed by atoms with van der Waals surface area (Å²) in [5.74, 6) is 0.958. The second-order valence-corrected chi connectivity index (χ2v) is 4.99. The van der Waals surface area contributed by atoms with Crippen molar-refractivity contribution in [2.75, 3.05) is 37.8 Å². The number of aromatic nitrogens is 1. The fourth-order valence-corrected chi connectivity index (χ4v) is 1.74. The van der Waals surface area contributed by atoms with E-state index in [1.165, 1.54) is 6.07 Å². The van der Waals surface area contributed by atoms with Crippen molar-refractivity contribution in [1.82, 2.24) is 9.88 Å². The van der Waals surface area contributed by atoms with Crippen LogP contribution >= 0.6 is 0 Å². The maximum Gasteiger partial charge on any atom is 0.311 e. The lowest BCUT2D eigenvalue weighted by molar-refractivity contribution is -0.384. The van der Waals surface area contributed by atoms with Gasteiger partial charge in [-0.05, 0) is 47.0 Å². The average Bonchev–Trinajstić information content (AvgIpc) is 2.36. The van der Waals surface area contributed by atoms with Crippen molar-refractivity contribution in [3.8, 4) is 0 Å². The summed E-state index contributed by atoms with van der Waals surface area (Å²) in [5.41, 5.74) is 0.00311. The molecular formula is C13H23N5O2. The molecule has 0 aliphatic rings. The van der Waals surface area contributed by atoms with Crippen LogP contribution in [0.5, 0.6) is 0 Å². The number of nitro groups is 1. The zero-order valence-corrected chi connectivity index (χ0v) is 12.5. The van der Waals surface area contributed by atoms with Crippen molar-refractivity contribution in [3.63, 3.8) is 0 Å².